The average molecular weight is 267 g/mol. The van der Waals surface area contributed by atoms with Gasteiger partial charge in [-0.05, 0) is 6.07 Å². The number of amidine groups is 1. The first-order valence-corrected chi connectivity index (χ1v) is 6.07. The van der Waals surface area contributed by atoms with Gasteiger partial charge in [0.2, 0.25) is 0 Å². The Kier molecular flexibility index (Phi) is 2.92. The number of nitrogens with one attached hydrogen (secondary N) is 1. The minimum Gasteiger partial charge on any atom is -0.384 e. The van der Waals surface area contributed by atoms with Crippen LogP contribution in [0.3, 0.4) is 0 Å². The van der Waals surface area contributed by atoms with Gasteiger partial charge in [0.25, 0.3) is 0 Å². The lowest BCUT2D eigenvalue weighted by Gasteiger charge is -2.14. The summed E-state index contributed by atoms with van der Waals surface area (Å²) in [5.41, 5.74) is 7.81. The summed E-state index contributed by atoms with van der Waals surface area (Å²) in [5.74, 6) is -0.0839. The Labute approximate surface area is 115 Å². The number of aromatic nitrogens is 3. The fourth-order valence-electron chi connectivity index (χ4n) is 2.16. The average Bonchev–Trinajstić information content (AvgIpc) is 2.91. The molecule has 0 amide bonds. The molecule has 0 fully saturated rings. The summed E-state index contributed by atoms with van der Waals surface area (Å²) in [5, 5.41) is 18.1. The Hall–Kier alpha value is -2.73. The van der Waals surface area contributed by atoms with E-state index in [1.54, 1.807) is 16.8 Å². The number of imidazole rings is 1. The fraction of sp³-hybridized carbons (Fsp3) is 0.0714. The molecule has 0 radical (unpaired) electrons. The highest BCUT2D eigenvalue weighted by atomic mass is 16.3. The molecule has 0 spiro atoms. The molecule has 0 aliphatic carbocycles. The van der Waals surface area contributed by atoms with E-state index < -0.39 is 6.23 Å². The van der Waals surface area contributed by atoms with Gasteiger partial charge in [0.1, 0.15) is 17.7 Å². The van der Waals surface area contributed by atoms with E-state index in [1.807, 2.05) is 30.3 Å². The predicted octanol–water partition coefficient (Wildman–Crippen LogP) is 1.25. The third-order valence-electron chi connectivity index (χ3n) is 3.12. The van der Waals surface area contributed by atoms with Crippen molar-refractivity contribution < 1.29 is 5.11 Å². The highest BCUT2D eigenvalue weighted by Crippen LogP contribution is 2.23. The summed E-state index contributed by atoms with van der Waals surface area (Å²) >= 11 is 0. The number of rotatable bonds is 3. The predicted molar refractivity (Wildman–Crippen MR) is 75.3 cm³/mol. The molecule has 3 rings (SSSR count). The minimum absolute atomic E-state index is 0.0839. The van der Waals surface area contributed by atoms with Crippen molar-refractivity contribution >= 4 is 17.0 Å². The lowest BCUT2D eigenvalue weighted by molar-refractivity contribution is 0.150. The van der Waals surface area contributed by atoms with E-state index in [0.29, 0.717) is 16.7 Å². The summed E-state index contributed by atoms with van der Waals surface area (Å²) in [6.45, 7) is 0. The quantitative estimate of drug-likeness (QED) is 0.491. The number of aliphatic hydroxyl groups is 1. The molecule has 0 aliphatic heterocycles. The van der Waals surface area contributed by atoms with Gasteiger partial charge in [-0.1, -0.05) is 30.3 Å². The number of fused-ring (bicyclic) bond motifs is 1. The fourth-order valence-corrected chi connectivity index (χ4v) is 2.16. The first kappa shape index (κ1) is 12.3. The number of pyridine rings is 1. The minimum atomic E-state index is -0.900. The van der Waals surface area contributed by atoms with Crippen molar-refractivity contribution in [3.05, 3.63) is 60.0 Å². The highest BCUT2D eigenvalue weighted by Gasteiger charge is 2.17. The van der Waals surface area contributed by atoms with Crippen LogP contribution in [0.4, 0.5) is 0 Å². The maximum atomic E-state index is 10.5. The summed E-state index contributed by atoms with van der Waals surface area (Å²) in [6, 6.07) is 10.9. The summed E-state index contributed by atoms with van der Waals surface area (Å²) in [6.07, 6.45) is 2.15. The summed E-state index contributed by atoms with van der Waals surface area (Å²) in [4.78, 5) is 8.27. The van der Waals surface area contributed by atoms with Gasteiger partial charge < -0.3 is 10.8 Å². The van der Waals surface area contributed by atoms with Crippen molar-refractivity contribution in [3.8, 4) is 0 Å². The zero-order valence-electron chi connectivity index (χ0n) is 10.6. The van der Waals surface area contributed by atoms with Crippen LogP contribution in [-0.2, 0) is 0 Å². The number of benzene rings is 1. The Balaban J connectivity index is 2.20. The third-order valence-corrected chi connectivity index (χ3v) is 3.12. The van der Waals surface area contributed by atoms with E-state index in [9.17, 15) is 5.11 Å². The van der Waals surface area contributed by atoms with Crippen molar-refractivity contribution in [2.75, 3.05) is 0 Å². The van der Waals surface area contributed by atoms with Crippen molar-refractivity contribution in [2.24, 2.45) is 5.73 Å². The molecule has 20 heavy (non-hydrogen) atoms. The van der Waals surface area contributed by atoms with Gasteiger partial charge in [0.05, 0.1) is 0 Å². The Morgan fingerprint density at radius 2 is 1.95 bits per heavy atom. The molecule has 1 aromatic carbocycles. The Morgan fingerprint density at radius 3 is 2.65 bits per heavy atom. The lowest BCUT2D eigenvalue weighted by atomic mass is 10.1. The number of aliphatic hydroxyl groups excluding tert-OH is 1. The molecule has 0 aliphatic rings. The van der Waals surface area contributed by atoms with Gasteiger partial charge in [-0.2, -0.15) is 0 Å². The summed E-state index contributed by atoms with van der Waals surface area (Å²) in [7, 11) is 0. The third kappa shape index (κ3) is 1.92. The molecule has 0 saturated heterocycles. The second kappa shape index (κ2) is 4.75. The maximum Gasteiger partial charge on any atom is 0.178 e. The molecule has 2 heterocycles. The van der Waals surface area contributed by atoms with E-state index in [4.69, 9.17) is 11.1 Å². The van der Waals surface area contributed by atoms with Gasteiger partial charge in [-0.3, -0.25) is 9.98 Å². The molecule has 3 aromatic rings. The Morgan fingerprint density at radius 1 is 1.20 bits per heavy atom. The first-order chi connectivity index (χ1) is 9.68. The second-order valence-electron chi connectivity index (χ2n) is 4.38. The van der Waals surface area contributed by atoms with Crippen molar-refractivity contribution in [1.29, 1.82) is 5.41 Å². The van der Waals surface area contributed by atoms with Gasteiger partial charge in [-0.25, -0.2) is 9.97 Å². The van der Waals surface area contributed by atoms with Gasteiger partial charge >= 0.3 is 0 Å². The van der Waals surface area contributed by atoms with E-state index in [1.165, 1.54) is 6.33 Å². The van der Waals surface area contributed by atoms with Crippen LogP contribution in [-0.4, -0.2) is 25.5 Å². The highest BCUT2D eigenvalue weighted by molar-refractivity contribution is 6.04. The molecule has 0 saturated carbocycles. The number of hydrogen-bond donors (Lipinski definition) is 3. The normalized spacial score (nSPS) is 12.4. The molecule has 6 heteroatoms. The molecule has 1 atom stereocenters. The van der Waals surface area contributed by atoms with Crippen LogP contribution in [0, 0.1) is 5.41 Å². The second-order valence-corrected chi connectivity index (χ2v) is 4.38. The lowest BCUT2D eigenvalue weighted by Crippen LogP contribution is -2.15. The molecular weight excluding hydrogens is 254 g/mol. The zero-order valence-corrected chi connectivity index (χ0v) is 10.6. The Bertz CT molecular complexity index is 766. The molecular formula is C14H13N5O. The van der Waals surface area contributed by atoms with Crippen molar-refractivity contribution in [3.63, 3.8) is 0 Å². The van der Waals surface area contributed by atoms with E-state index in [2.05, 4.69) is 9.97 Å². The van der Waals surface area contributed by atoms with Crippen molar-refractivity contribution in [1.82, 2.24) is 14.5 Å². The van der Waals surface area contributed by atoms with Crippen LogP contribution < -0.4 is 5.73 Å². The zero-order chi connectivity index (χ0) is 14.1. The van der Waals surface area contributed by atoms with Crippen LogP contribution in [0.2, 0.25) is 0 Å². The smallest absolute Gasteiger partial charge is 0.178 e. The van der Waals surface area contributed by atoms with Crippen LogP contribution in [0.1, 0.15) is 17.4 Å². The van der Waals surface area contributed by atoms with Gasteiger partial charge in [-0.15, -0.1) is 0 Å². The molecule has 6 nitrogen and oxygen atoms in total. The maximum absolute atomic E-state index is 10.5. The number of nitrogens with zero attached hydrogens (tertiary/aromatic N) is 3. The van der Waals surface area contributed by atoms with Gasteiger partial charge in [0.15, 0.2) is 11.9 Å². The standard InChI is InChI=1S/C14H13N5O/c15-12(16)10-6-7-17-13-11(10)19(8-18-13)14(20)9-4-2-1-3-5-9/h1-8,14,20H,(H3,15,16). The number of nitrogen functional groups attached to an aromatic ring is 1. The van der Waals surface area contributed by atoms with E-state index >= 15 is 0 Å². The molecule has 100 valence electrons. The van der Waals surface area contributed by atoms with Gasteiger partial charge in [0, 0.05) is 17.3 Å². The summed E-state index contributed by atoms with van der Waals surface area (Å²) < 4.78 is 1.56. The number of hydrogen-bond acceptors (Lipinski definition) is 4. The van der Waals surface area contributed by atoms with Crippen molar-refractivity contribution in [2.45, 2.75) is 6.23 Å². The SMILES string of the molecule is N=C(N)c1ccnc2ncn(C(O)c3ccccc3)c12. The van der Waals surface area contributed by atoms with E-state index in [-0.39, 0.29) is 5.84 Å². The first-order valence-electron chi connectivity index (χ1n) is 6.07. The molecule has 4 N–H and O–H groups in total. The molecule has 1 unspecified atom stereocenters. The topological polar surface area (TPSA) is 101 Å². The van der Waals surface area contributed by atoms with Crippen LogP contribution in [0.25, 0.3) is 11.2 Å². The largest absolute Gasteiger partial charge is 0.384 e. The monoisotopic (exact) mass is 267 g/mol. The molecule has 0 bridgehead atoms. The molecule has 2 aromatic heterocycles. The van der Waals surface area contributed by atoms with Crippen LogP contribution >= 0.6 is 0 Å². The van der Waals surface area contributed by atoms with Crippen LogP contribution in [0.5, 0.6) is 0 Å². The number of nitrogens with two attached hydrogens (primary N) is 1. The van der Waals surface area contributed by atoms with Crippen LogP contribution in [0.15, 0.2) is 48.9 Å². The van der Waals surface area contributed by atoms with E-state index in [0.717, 1.165) is 5.56 Å².